The van der Waals surface area contributed by atoms with Gasteiger partial charge in [0.2, 0.25) is 0 Å². The van der Waals surface area contributed by atoms with Crippen molar-refractivity contribution in [3.8, 4) is 17.0 Å². The van der Waals surface area contributed by atoms with Crippen LogP contribution in [-0.4, -0.2) is 49.7 Å². The van der Waals surface area contributed by atoms with Gasteiger partial charge >= 0.3 is 6.18 Å². The van der Waals surface area contributed by atoms with Crippen LogP contribution in [0.1, 0.15) is 28.8 Å². The quantitative estimate of drug-likeness (QED) is 0.273. The van der Waals surface area contributed by atoms with E-state index in [-0.39, 0.29) is 30.0 Å². The molecule has 0 saturated carbocycles. The first-order chi connectivity index (χ1) is 19.5. The molecule has 0 spiro atoms. The maximum Gasteiger partial charge on any atom is 0.406 e. The lowest BCUT2D eigenvalue weighted by Gasteiger charge is -2.24. The Labute approximate surface area is 236 Å². The van der Waals surface area contributed by atoms with Gasteiger partial charge in [-0.3, -0.25) is 4.79 Å². The van der Waals surface area contributed by atoms with Crippen LogP contribution in [0.3, 0.4) is 0 Å². The third-order valence-electron chi connectivity index (χ3n) is 7.25. The number of alkyl halides is 3. The molecule has 5 rings (SSSR count). The number of nitrogens with zero attached hydrogens (tertiary/aromatic N) is 1. The molecule has 4 aromatic rings. The number of carbonyl (C=O) groups excluding carboxylic acids is 1. The van der Waals surface area contributed by atoms with Crippen LogP contribution in [0.15, 0.2) is 72.8 Å². The van der Waals surface area contributed by atoms with Crippen molar-refractivity contribution < 1.29 is 31.1 Å². The standard InChI is InChI=1S/C30H30F3N3O4S/c1-40-24-11-9-22(10-12-24)29(37)34-18-20-5-7-21(8-6-20)28-17-25-26(35-23-13-15-41(38,39)16-14-23)3-2-4-27(25)36(28)19-30(31,32)33/h2-12,17,23,35H,13-16,18-19H2,1H3,(H,34,37). The van der Waals surface area contributed by atoms with E-state index in [1.165, 1.54) is 4.57 Å². The topological polar surface area (TPSA) is 89.4 Å². The molecule has 11 heteroatoms. The molecule has 1 fully saturated rings. The van der Waals surface area contributed by atoms with E-state index in [0.717, 1.165) is 5.56 Å². The van der Waals surface area contributed by atoms with Gasteiger partial charge in [-0.25, -0.2) is 8.42 Å². The average molecular weight is 586 g/mol. The molecule has 2 N–H and O–H groups in total. The van der Waals surface area contributed by atoms with Crippen LogP contribution in [-0.2, 0) is 22.9 Å². The number of hydrogen-bond donors (Lipinski definition) is 2. The van der Waals surface area contributed by atoms with Gasteiger partial charge in [0.1, 0.15) is 22.1 Å². The van der Waals surface area contributed by atoms with Gasteiger partial charge < -0.3 is 19.9 Å². The summed E-state index contributed by atoms with van der Waals surface area (Å²) in [6.07, 6.45) is -3.54. The van der Waals surface area contributed by atoms with E-state index in [2.05, 4.69) is 10.6 Å². The molecule has 0 radical (unpaired) electrons. The number of ether oxygens (including phenoxy) is 1. The second-order valence-electron chi connectivity index (χ2n) is 10.1. The molecule has 0 unspecified atom stereocenters. The predicted octanol–water partition coefficient (Wildman–Crippen LogP) is 5.80. The fraction of sp³-hybridized carbons (Fsp3) is 0.300. The smallest absolute Gasteiger partial charge is 0.406 e. The van der Waals surface area contributed by atoms with Crippen molar-refractivity contribution >= 4 is 32.3 Å². The van der Waals surface area contributed by atoms with E-state index in [4.69, 9.17) is 4.74 Å². The summed E-state index contributed by atoms with van der Waals surface area (Å²) in [5, 5.41) is 6.85. The Kier molecular flexibility index (Phi) is 7.99. The molecule has 7 nitrogen and oxygen atoms in total. The van der Waals surface area contributed by atoms with E-state index in [9.17, 15) is 26.4 Å². The Morgan fingerprint density at radius 2 is 1.68 bits per heavy atom. The van der Waals surface area contributed by atoms with Gasteiger partial charge in [0, 0.05) is 34.9 Å². The Morgan fingerprint density at radius 3 is 2.32 bits per heavy atom. The molecular weight excluding hydrogens is 555 g/mol. The summed E-state index contributed by atoms with van der Waals surface area (Å²) in [4.78, 5) is 12.5. The van der Waals surface area contributed by atoms with Gasteiger partial charge in [0.05, 0.1) is 24.1 Å². The van der Waals surface area contributed by atoms with Crippen LogP contribution < -0.4 is 15.4 Å². The third-order valence-corrected chi connectivity index (χ3v) is 8.97. The van der Waals surface area contributed by atoms with Crippen molar-refractivity contribution in [3.63, 3.8) is 0 Å². The summed E-state index contributed by atoms with van der Waals surface area (Å²) >= 11 is 0. The van der Waals surface area contributed by atoms with Crippen LogP contribution in [0, 0.1) is 0 Å². The van der Waals surface area contributed by atoms with Crippen molar-refractivity contribution in [3.05, 3.63) is 83.9 Å². The number of benzene rings is 3. The number of hydrogen-bond acceptors (Lipinski definition) is 5. The van der Waals surface area contributed by atoms with Crippen molar-refractivity contribution in [2.75, 3.05) is 23.9 Å². The summed E-state index contributed by atoms with van der Waals surface area (Å²) in [5.41, 5.74) is 3.40. The first kappa shape index (κ1) is 28.5. The maximum absolute atomic E-state index is 13.7. The molecular formula is C30H30F3N3O4S. The Hall–Kier alpha value is -3.99. The molecule has 41 heavy (non-hydrogen) atoms. The van der Waals surface area contributed by atoms with E-state index < -0.39 is 22.6 Å². The molecule has 1 amide bonds. The number of fused-ring (bicyclic) bond motifs is 1. The number of aromatic nitrogens is 1. The molecule has 0 aliphatic carbocycles. The summed E-state index contributed by atoms with van der Waals surface area (Å²) in [6, 6.07) is 20.6. The van der Waals surface area contributed by atoms with Gasteiger partial charge in [-0.1, -0.05) is 30.3 Å². The summed E-state index contributed by atoms with van der Waals surface area (Å²) in [5.74, 6) is 0.576. The highest BCUT2D eigenvalue weighted by molar-refractivity contribution is 7.91. The lowest BCUT2D eigenvalue weighted by atomic mass is 10.1. The molecule has 1 aliphatic heterocycles. The number of anilines is 1. The minimum absolute atomic E-state index is 0.0778. The lowest BCUT2D eigenvalue weighted by Crippen LogP contribution is -2.32. The molecule has 2 heterocycles. The maximum atomic E-state index is 13.7. The molecule has 1 saturated heterocycles. The first-order valence-corrected chi connectivity index (χ1v) is 15.0. The molecule has 3 aromatic carbocycles. The van der Waals surface area contributed by atoms with Crippen molar-refractivity contribution in [2.24, 2.45) is 0 Å². The number of amides is 1. The molecule has 1 aromatic heterocycles. The summed E-state index contributed by atoms with van der Waals surface area (Å²) < 4.78 is 71.0. The van der Waals surface area contributed by atoms with Crippen molar-refractivity contribution in [1.29, 1.82) is 0 Å². The Morgan fingerprint density at radius 1 is 1.00 bits per heavy atom. The van der Waals surface area contributed by atoms with Gasteiger partial charge in [-0.2, -0.15) is 13.2 Å². The highest BCUT2D eigenvalue weighted by atomic mass is 32.2. The van der Waals surface area contributed by atoms with E-state index in [0.29, 0.717) is 52.0 Å². The average Bonchev–Trinajstić information content (AvgIpc) is 3.31. The number of sulfone groups is 1. The van der Waals surface area contributed by atoms with Crippen LogP contribution in [0.5, 0.6) is 5.75 Å². The van der Waals surface area contributed by atoms with Crippen LogP contribution in [0.2, 0.25) is 0 Å². The van der Waals surface area contributed by atoms with Gasteiger partial charge in [-0.15, -0.1) is 0 Å². The number of nitrogens with one attached hydrogen (secondary N) is 2. The van der Waals surface area contributed by atoms with Crippen LogP contribution in [0.25, 0.3) is 22.2 Å². The second kappa shape index (κ2) is 11.5. The highest BCUT2D eigenvalue weighted by Gasteiger charge is 2.31. The molecule has 0 atom stereocenters. The van der Waals surface area contributed by atoms with E-state index in [1.807, 2.05) is 6.07 Å². The predicted molar refractivity (Wildman–Crippen MR) is 153 cm³/mol. The van der Waals surface area contributed by atoms with E-state index >= 15 is 0 Å². The van der Waals surface area contributed by atoms with Crippen LogP contribution in [0.4, 0.5) is 18.9 Å². The Balaban J connectivity index is 1.38. The lowest BCUT2D eigenvalue weighted by molar-refractivity contribution is -0.139. The number of carbonyl (C=O) groups is 1. The SMILES string of the molecule is COc1ccc(C(=O)NCc2ccc(-c3cc4c(NC5CCS(=O)(=O)CC5)cccc4n3CC(F)(F)F)cc2)cc1. The van der Waals surface area contributed by atoms with Gasteiger partial charge in [-0.05, 0) is 66.4 Å². The van der Waals surface area contributed by atoms with Crippen molar-refractivity contribution in [1.82, 2.24) is 9.88 Å². The van der Waals surface area contributed by atoms with Crippen LogP contribution >= 0.6 is 0 Å². The zero-order chi connectivity index (χ0) is 29.2. The second-order valence-corrected chi connectivity index (χ2v) is 12.5. The zero-order valence-electron chi connectivity index (χ0n) is 22.4. The van der Waals surface area contributed by atoms with Gasteiger partial charge in [0.25, 0.3) is 5.91 Å². The number of rotatable bonds is 8. The molecule has 216 valence electrons. The minimum Gasteiger partial charge on any atom is -0.497 e. The molecule has 1 aliphatic rings. The largest absolute Gasteiger partial charge is 0.497 e. The third kappa shape index (κ3) is 6.84. The van der Waals surface area contributed by atoms with E-state index in [1.54, 1.807) is 73.8 Å². The normalized spacial score (nSPS) is 15.5. The van der Waals surface area contributed by atoms with Gasteiger partial charge in [0.15, 0.2) is 0 Å². The monoisotopic (exact) mass is 585 g/mol. The Bertz CT molecular complexity index is 1630. The first-order valence-electron chi connectivity index (χ1n) is 13.2. The zero-order valence-corrected chi connectivity index (χ0v) is 23.2. The molecule has 0 bridgehead atoms. The fourth-order valence-corrected chi connectivity index (χ4v) is 6.56. The summed E-state index contributed by atoms with van der Waals surface area (Å²) in [6.45, 7) is -0.904. The van der Waals surface area contributed by atoms with Crippen molar-refractivity contribution in [2.45, 2.75) is 38.1 Å². The number of methoxy groups -OCH3 is 1. The highest BCUT2D eigenvalue weighted by Crippen LogP contribution is 2.36. The summed E-state index contributed by atoms with van der Waals surface area (Å²) in [7, 11) is -1.49. The fourth-order valence-electron chi connectivity index (χ4n) is 5.07. The number of halogens is 3. The minimum atomic E-state index is -4.44.